The smallest absolute Gasteiger partial charge is 0.313 e. The highest BCUT2D eigenvalue weighted by atomic mass is 79.9. The molecule has 9 atom stereocenters. The standard InChI is InChI=1S/C42H53BrN4O8/c1-4-6-17-33(49)44-28(3)36(30-15-11-8-12-16-30)54-41(52)34-35-39(50)47(31(27-48)25-29-13-9-7-10-14-29)38(42(35)26-32(43)37(34)55-42)40(51)46(18-5-2)20-19-45-21-23-53-24-22-45/h4-5,7-16,28,31-32,34-38,48H,1-2,6,17-27H2,3H3,(H,44,49)/t28-,31-,32?,34+,35-,36-,37+,38+,42-/m1/s1. The van der Waals surface area contributed by atoms with Crippen molar-refractivity contribution in [1.82, 2.24) is 20.0 Å². The van der Waals surface area contributed by atoms with Gasteiger partial charge in [0, 0.05) is 44.0 Å². The Morgan fingerprint density at radius 2 is 1.78 bits per heavy atom. The average molecular weight is 822 g/mol. The van der Waals surface area contributed by atoms with Crippen molar-refractivity contribution in [2.75, 3.05) is 52.5 Å². The second-order valence-electron chi connectivity index (χ2n) is 14.9. The first kappa shape index (κ1) is 40.8. The first-order chi connectivity index (χ1) is 26.6. The summed E-state index contributed by atoms with van der Waals surface area (Å²) in [5.41, 5.74) is 0.198. The molecule has 3 amide bonds. The fourth-order valence-electron chi connectivity index (χ4n) is 8.79. The van der Waals surface area contributed by atoms with Crippen molar-refractivity contribution in [2.24, 2.45) is 11.8 Å². The highest BCUT2D eigenvalue weighted by molar-refractivity contribution is 9.09. The molecule has 6 rings (SSSR count). The number of morpholine rings is 1. The average Bonchev–Trinajstić information content (AvgIpc) is 3.80. The number of nitrogens with one attached hydrogen (secondary N) is 1. The zero-order valence-corrected chi connectivity index (χ0v) is 33.1. The maximum absolute atomic E-state index is 15.1. The van der Waals surface area contributed by atoms with E-state index in [0.717, 1.165) is 18.7 Å². The van der Waals surface area contributed by atoms with Gasteiger partial charge in [0.1, 0.15) is 17.7 Å². The van der Waals surface area contributed by atoms with Gasteiger partial charge in [-0.25, -0.2) is 0 Å². The first-order valence-electron chi connectivity index (χ1n) is 19.3. The maximum atomic E-state index is 15.1. The van der Waals surface area contributed by atoms with Crippen molar-refractivity contribution in [3.8, 4) is 0 Å². The van der Waals surface area contributed by atoms with E-state index >= 15 is 9.59 Å². The molecule has 1 spiro atoms. The number of rotatable bonds is 18. The van der Waals surface area contributed by atoms with E-state index in [1.807, 2.05) is 60.7 Å². The summed E-state index contributed by atoms with van der Waals surface area (Å²) in [6, 6.07) is 16.2. The Morgan fingerprint density at radius 1 is 1.09 bits per heavy atom. The van der Waals surface area contributed by atoms with Gasteiger partial charge in [0.2, 0.25) is 17.7 Å². The lowest BCUT2D eigenvalue weighted by Crippen LogP contribution is -2.60. The minimum atomic E-state index is -1.37. The van der Waals surface area contributed by atoms with Gasteiger partial charge in [0.05, 0.1) is 49.8 Å². The number of hydrogen-bond donors (Lipinski definition) is 2. The summed E-state index contributed by atoms with van der Waals surface area (Å²) in [4.78, 5) is 62.6. The highest BCUT2D eigenvalue weighted by Gasteiger charge is 2.77. The zero-order valence-electron chi connectivity index (χ0n) is 31.5. The van der Waals surface area contributed by atoms with E-state index < -0.39 is 66.3 Å². The number of amides is 3. The Hall–Kier alpha value is -3.88. The quantitative estimate of drug-likeness (QED) is 0.132. The number of carbonyl (C=O) groups is 4. The van der Waals surface area contributed by atoms with Gasteiger partial charge in [-0.15, -0.1) is 13.2 Å². The van der Waals surface area contributed by atoms with Crippen LogP contribution in [0.4, 0.5) is 0 Å². The second kappa shape index (κ2) is 18.4. The molecule has 2 aromatic rings. The molecule has 0 aromatic heterocycles. The van der Waals surface area contributed by atoms with Gasteiger partial charge in [0.15, 0.2) is 0 Å². The number of halogens is 1. The van der Waals surface area contributed by atoms with Crippen molar-refractivity contribution in [1.29, 1.82) is 0 Å². The molecule has 0 radical (unpaired) electrons. The van der Waals surface area contributed by atoms with Crippen molar-refractivity contribution >= 4 is 39.6 Å². The normalized spacial score (nSPS) is 27.5. The molecule has 1 unspecified atom stereocenters. The van der Waals surface area contributed by atoms with Crippen LogP contribution in [-0.2, 0) is 39.8 Å². The molecule has 296 valence electrons. The molecular weight excluding hydrogens is 768 g/mol. The number of carbonyl (C=O) groups excluding carboxylic acids is 4. The lowest BCUT2D eigenvalue weighted by Gasteiger charge is -2.40. The number of allylic oxidation sites excluding steroid dienone is 1. The SMILES string of the molecule is C=CCCC(=O)N[C@H](C)[C@@H](OC(=O)[C@@H]1[C@H]2O[C@@]3(CC2Br)[C@H](C(=O)N(CC=C)CCN2CCOCC2)N([C@@H](CO)Cc2ccccc2)C(=O)[C@@H]13)c1ccccc1. The molecular formula is C42H53BrN4O8. The monoisotopic (exact) mass is 820 g/mol. The van der Waals surface area contributed by atoms with Crippen molar-refractivity contribution < 1.29 is 38.5 Å². The maximum Gasteiger partial charge on any atom is 0.313 e. The van der Waals surface area contributed by atoms with Crippen LogP contribution in [0.15, 0.2) is 86.0 Å². The minimum Gasteiger partial charge on any atom is -0.455 e. The summed E-state index contributed by atoms with van der Waals surface area (Å²) < 4.78 is 18.7. The Labute approximate surface area is 332 Å². The van der Waals surface area contributed by atoms with Crippen LogP contribution in [0.2, 0.25) is 0 Å². The summed E-state index contributed by atoms with van der Waals surface area (Å²) in [5.74, 6) is -3.70. The summed E-state index contributed by atoms with van der Waals surface area (Å²) in [6.07, 6.45) is 3.04. The van der Waals surface area contributed by atoms with Crippen LogP contribution in [0.1, 0.15) is 43.4 Å². The van der Waals surface area contributed by atoms with Crippen LogP contribution in [-0.4, -0.2) is 131 Å². The number of esters is 1. The molecule has 13 heteroatoms. The van der Waals surface area contributed by atoms with E-state index in [4.69, 9.17) is 14.2 Å². The van der Waals surface area contributed by atoms with E-state index in [2.05, 4.69) is 39.3 Å². The molecule has 0 saturated carbocycles. The highest BCUT2D eigenvalue weighted by Crippen LogP contribution is 2.61. The minimum absolute atomic E-state index is 0.207. The van der Waals surface area contributed by atoms with E-state index in [1.165, 1.54) is 4.90 Å². The van der Waals surface area contributed by atoms with Gasteiger partial charge in [-0.2, -0.15) is 0 Å². The Kier molecular flexibility index (Phi) is 13.6. The number of aliphatic hydroxyl groups is 1. The second-order valence-corrected chi connectivity index (χ2v) is 16.1. The molecule has 0 aliphatic carbocycles. The molecule has 4 aliphatic rings. The van der Waals surface area contributed by atoms with E-state index in [9.17, 15) is 14.7 Å². The van der Waals surface area contributed by atoms with Gasteiger partial charge in [0.25, 0.3) is 0 Å². The van der Waals surface area contributed by atoms with Gasteiger partial charge >= 0.3 is 5.97 Å². The largest absolute Gasteiger partial charge is 0.455 e. The van der Waals surface area contributed by atoms with Crippen LogP contribution >= 0.6 is 15.9 Å². The molecule has 4 fully saturated rings. The molecule has 2 aromatic carbocycles. The summed E-state index contributed by atoms with van der Waals surface area (Å²) in [7, 11) is 0. The topological polar surface area (TPSA) is 138 Å². The summed E-state index contributed by atoms with van der Waals surface area (Å²) >= 11 is 3.77. The summed E-state index contributed by atoms with van der Waals surface area (Å²) in [6.45, 7) is 13.0. The van der Waals surface area contributed by atoms with Crippen molar-refractivity contribution in [2.45, 2.75) is 73.4 Å². The predicted octanol–water partition coefficient (Wildman–Crippen LogP) is 3.44. The molecule has 2 bridgehead atoms. The Balaban J connectivity index is 1.35. The third kappa shape index (κ3) is 8.61. The lowest BCUT2D eigenvalue weighted by atomic mass is 9.70. The molecule has 4 aliphatic heterocycles. The van der Waals surface area contributed by atoms with Crippen LogP contribution in [0.25, 0.3) is 0 Å². The fourth-order valence-corrected chi connectivity index (χ4v) is 9.74. The third-order valence-electron chi connectivity index (χ3n) is 11.4. The zero-order chi connectivity index (χ0) is 39.1. The Bertz CT molecular complexity index is 1680. The van der Waals surface area contributed by atoms with Crippen LogP contribution in [0.3, 0.4) is 0 Å². The number of aliphatic hydroxyl groups excluding tert-OH is 1. The van der Waals surface area contributed by atoms with Gasteiger partial charge < -0.3 is 34.4 Å². The van der Waals surface area contributed by atoms with Crippen LogP contribution in [0.5, 0.6) is 0 Å². The number of ether oxygens (including phenoxy) is 3. The lowest BCUT2D eigenvalue weighted by molar-refractivity contribution is -0.162. The van der Waals surface area contributed by atoms with Gasteiger partial charge in [-0.1, -0.05) is 88.7 Å². The van der Waals surface area contributed by atoms with Crippen LogP contribution in [0, 0.1) is 11.8 Å². The van der Waals surface area contributed by atoms with Gasteiger partial charge in [-0.05, 0) is 37.3 Å². The number of nitrogens with zero attached hydrogens (tertiary/aromatic N) is 3. The number of alkyl halides is 1. The van der Waals surface area contributed by atoms with Crippen molar-refractivity contribution in [3.63, 3.8) is 0 Å². The number of fused-ring (bicyclic) bond motifs is 1. The summed E-state index contributed by atoms with van der Waals surface area (Å²) in [5, 5.41) is 13.9. The van der Waals surface area contributed by atoms with E-state index in [-0.39, 0.29) is 29.6 Å². The molecule has 12 nitrogen and oxygen atoms in total. The third-order valence-corrected chi connectivity index (χ3v) is 12.2. The molecule has 4 heterocycles. The first-order valence-corrected chi connectivity index (χ1v) is 20.2. The molecule has 55 heavy (non-hydrogen) atoms. The van der Waals surface area contributed by atoms with Crippen LogP contribution < -0.4 is 5.32 Å². The van der Waals surface area contributed by atoms with E-state index in [0.29, 0.717) is 51.1 Å². The number of hydrogen-bond acceptors (Lipinski definition) is 9. The molecule has 4 saturated heterocycles. The number of likely N-dealkylation sites (tertiary alicyclic amines) is 1. The molecule has 2 N–H and O–H groups in total. The van der Waals surface area contributed by atoms with E-state index in [1.54, 1.807) is 24.0 Å². The Morgan fingerprint density at radius 3 is 2.44 bits per heavy atom. The van der Waals surface area contributed by atoms with Gasteiger partial charge in [-0.3, -0.25) is 24.1 Å². The number of benzene rings is 2. The van der Waals surface area contributed by atoms with Crippen molar-refractivity contribution in [3.05, 3.63) is 97.1 Å². The predicted molar refractivity (Wildman–Crippen MR) is 210 cm³/mol. The fraction of sp³-hybridized carbons (Fsp3) is 0.524.